The summed E-state index contributed by atoms with van der Waals surface area (Å²) in [5, 5.41) is 5.13. The molecule has 0 aliphatic rings. The van der Waals surface area contributed by atoms with E-state index in [1.807, 2.05) is 24.3 Å². The quantitative estimate of drug-likeness (QED) is 0.646. The molecule has 0 radical (unpaired) electrons. The molecule has 0 fully saturated rings. The number of aromatic nitrogens is 1. The van der Waals surface area contributed by atoms with Crippen LogP contribution in [-0.2, 0) is 23.9 Å². The van der Waals surface area contributed by atoms with E-state index in [2.05, 4.69) is 10.3 Å². The van der Waals surface area contributed by atoms with Crippen molar-refractivity contribution >= 4 is 17.2 Å². The van der Waals surface area contributed by atoms with Crippen LogP contribution < -0.4 is 10.1 Å². The smallest absolute Gasteiger partial charge is 0.416 e. The molecule has 1 amide bonds. The van der Waals surface area contributed by atoms with Gasteiger partial charge in [0, 0.05) is 17.5 Å². The van der Waals surface area contributed by atoms with Crippen molar-refractivity contribution in [2.45, 2.75) is 19.1 Å². The first-order chi connectivity index (χ1) is 13.3. The third kappa shape index (κ3) is 5.10. The van der Waals surface area contributed by atoms with Crippen LogP contribution in [-0.4, -0.2) is 18.0 Å². The van der Waals surface area contributed by atoms with Crippen LogP contribution in [0, 0.1) is 0 Å². The fourth-order valence-electron chi connectivity index (χ4n) is 2.49. The van der Waals surface area contributed by atoms with Gasteiger partial charge in [0.1, 0.15) is 10.8 Å². The Hall–Kier alpha value is -2.87. The Morgan fingerprint density at radius 3 is 2.39 bits per heavy atom. The van der Waals surface area contributed by atoms with Crippen molar-refractivity contribution in [1.29, 1.82) is 0 Å². The van der Waals surface area contributed by atoms with Crippen LogP contribution in [0.15, 0.2) is 53.9 Å². The number of nitrogens with one attached hydrogen (secondary N) is 1. The van der Waals surface area contributed by atoms with Gasteiger partial charge < -0.3 is 10.1 Å². The molecular formula is C20H17F3N2O2S. The molecule has 2 aromatic carbocycles. The molecule has 1 N–H and O–H groups in total. The average molecular weight is 406 g/mol. The SMILES string of the molecule is COc1ccc(CNC(=O)Cc2csc(-c3ccc(C(F)(F)F)cc3)n2)cc1. The van der Waals surface area contributed by atoms with Crippen molar-refractivity contribution in [1.82, 2.24) is 10.3 Å². The van der Waals surface area contributed by atoms with Crippen molar-refractivity contribution in [3.8, 4) is 16.3 Å². The average Bonchev–Trinajstić information content (AvgIpc) is 3.14. The first-order valence-corrected chi connectivity index (χ1v) is 9.25. The van der Waals surface area contributed by atoms with E-state index in [9.17, 15) is 18.0 Å². The van der Waals surface area contributed by atoms with Gasteiger partial charge in [-0.25, -0.2) is 4.98 Å². The molecule has 146 valence electrons. The minimum Gasteiger partial charge on any atom is -0.497 e. The molecule has 28 heavy (non-hydrogen) atoms. The summed E-state index contributed by atoms with van der Waals surface area (Å²) in [7, 11) is 1.59. The molecule has 0 unspecified atom stereocenters. The maximum Gasteiger partial charge on any atom is 0.416 e. The first kappa shape index (κ1) is 19.9. The Morgan fingerprint density at radius 1 is 1.11 bits per heavy atom. The summed E-state index contributed by atoms with van der Waals surface area (Å²) in [6.45, 7) is 0.388. The zero-order chi connectivity index (χ0) is 20.1. The maximum absolute atomic E-state index is 12.6. The van der Waals surface area contributed by atoms with E-state index in [4.69, 9.17) is 4.74 Å². The molecule has 3 aromatic rings. The highest BCUT2D eigenvalue weighted by atomic mass is 32.1. The molecule has 1 heterocycles. The Bertz CT molecular complexity index is 935. The zero-order valence-electron chi connectivity index (χ0n) is 14.9. The third-order valence-corrected chi connectivity index (χ3v) is 4.94. The standard InChI is InChI=1S/C20H17F3N2O2S/c1-27-17-8-2-13(3-9-17)11-24-18(26)10-16-12-28-19(25-16)14-4-6-15(7-5-14)20(21,22)23/h2-9,12H,10-11H2,1H3,(H,24,26). The summed E-state index contributed by atoms with van der Waals surface area (Å²) >= 11 is 1.29. The number of carbonyl (C=O) groups excluding carboxylic acids is 1. The normalized spacial score (nSPS) is 11.3. The van der Waals surface area contributed by atoms with Crippen molar-refractivity contribution in [2.24, 2.45) is 0 Å². The summed E-state index contributed by atoms with van der Waals surface area (Å²) < 4.78 is 43.0. The lowest BCUT2D eigenvalue weighted by Gasteiger charge is -2.06. The highest BCUT2D eigenvalue weighted by Crippen LogP contribution is 2.31. The van der Waals surface area contributed by atoms with Crippen LogP contribution in [0.5, 0.6) is 5.75 Å². The van der Waals surface area contributed by atoms with E-state index >= 15 is 0 Å². The van der Waals surface area contributed by atoms with Gasteiger partial charge in [-0.15, -0.1) is 11.3 Å². The van der Waals surface area contributed by atoms with Crippen LogP contribution in [0.1, 0.15) is 16.8 Å². The Morgan fingerprint density at radius 2 is 1.79 bits per heavy atom. The van der Waals surface area contributed by atoms with E-state index in [-0.39, 0.29) is 12.3 Å². The molecule has 8 heteroatoms. The van der Waals surface area contributed by atoms with Gasteiger partial charge in [0.2, 0.25) is 5.91 Å². The zero-order valence-corrected chi connectivity index (χ0v) is 15.7. The fraction of sp³-hybridized carbons (Fsp3) is 0.200. The van der Waals surface area contributed by atoms with E-state index in [0.29, 0.717) is 22.8 Å². The fourth-order valence-corrected chi connectivity index (χ4v) is 3.32. The van der Waals surface area contributed by atoms with Gasteiger partial charge in [-0.3, -0.25) is 4.79 Å². The number of alkyl halides is 3. The maximum atomic E-state index is 12.6. The van der Waals surface area contributed by atoms with Gasteiger partial charge in [-0.2, -0.15) is 13.2 Å². The lowest BCUT2D eigenvalue weighted by atomic mass is 10.1. The molecule has 0 saturated heterocycles. The van der Waals surface area contributed by atoms with E-state index < -0.39 is 11.7 Å². The number of thiazole rings is 1. The second kappa shape index (κ2) is 8.43. The van der Waals surface area contributed by atoms with Gasteiger partial charge in [-0.1, -0.05) is 24.3 Å². The van der Waals surface area contributed by atoms with Crippen molar-refractivity contribution in [3.63, 3.8) is 0 Å². The summed E-state index contributed by atoms with van der Waals surface area (Å²) in [5.41, 5.74) is 1.40. The molecule has 0 aliphatic carbocycles. The number of nitrogens with zero attached hydrogens (tertiary/aromatic N) is 1. The number of amides is 1. The van der Waals surface area contributed by atoms with Gasteiger partial charge in [0.05, 0.1) is 24.8 Å². The molecular weight excluding hydrogens is 389 g/mol. The van der Waals surface area contributed by atoms with E-state index in [1.54, 1.807) is 12.5 Å². The largest absolute Gasteiger partial charge is 0.497 e. The number of carbonyl (C=O) groups is 1. The Kier molecular flexibility index (Phi) is 5.99. The van der Waals surface area contributed by atoms with Crippen molar-refractivity contribution in [2.75, 3.05) is 7.11 Å². The molecule has 4 nitrogen and oxygen atoms in total. The molecule has 3 rings (SSSR count). The van der Waals surface area contributed by atoms with Crippen LogP contribution in [0.4, 0.5) is 13.2 Å². The topological polar surface area (TPSA) is 51.2 Å². The number of halogens is 3. The number of methoxy groups -OCH3 is 1. The van der Waals surface area contributed by atoms with Crippen molar-refractivity contribution in [3.05, 3.63) is 70.7 Å². The minimum atomic E-state index is -4.37. The molecule has 0 aliphatic heterocycles. The lowest BCUT2D eigenvalue weighted by molar-refractivity contribution is -0.137. The lowest BCUT2D eigenvalue weighted by Crippen LogP contribution is -2.24. The van der Waals surface area contributed by atoms with Gasteiger partial charge >= 0.3 is 6.18 Å². The van der Waals surface area contributed by atoms with Gasteiger partial charge in [-0.05, 0) is 29.8 Å². The molecule has 1 aromatic heterocycles. The summed E-state index contributed by atoms with van der Waals surface area (Å²) in [6, 6.07) is 12.2. The molecule has 0 spiro atoms. The highest BCUT2D eigenvalue weighted by Gasteiger charge is 2.30. The third-order valence-electron chi connectivity index (χ3n) is 4.00. The number of hydrogen-bond acceptors (Lipinski definition) is 4. The predicted octanol–water partition coefficient (Wildman–Crippen LogP) is 4.70. The monoisotopic (exact) mass is 406 g/mol. The molecule has 0 atom stereocenters. The Balaban J connectivity index is 1.57. The second-order valence-electron chi connectivity index (χ2n) is 6.02. The number of ether oxygens (including phenoxy) is 1. The van der Waals surface area contributed by atoms with Crippen LogP contribution in [0.2, 0.25) is 0 Å². The summed E-state index contributed by atoms with van der Waals surface area (Å²) in [4.78, 5) is 16.5. The molecule has 0 bridgehead atoms. The summed E-state index contributed by atoms with van der Waals surface area (Å²) in [5.74, 6) is 0.563. The minimum absolute atomic E-state index is 0.104. The second-order valence-corrected chi connectivity index (χ2v) is 6.88. The number of benzene rings is 2. The van der Waals surface area contributed by atoms with Crippen LogP contribution >= 0.6 is 11.3 Å². The first-order valence-electron chi connectivity index (χ1n) is 8.37. The van der Waals surface area contributed by atoms with E-state index in [0.717, 1.165) is 23.4 Å². The Labute approximate surface area is 164 Å². The number of hydrogen-bond donors (Lipinski definition) is 1. The molecule has 0 saturated carbocycles. The van der Waals surface area contributed by atoms with Gasteiger partial charge in [0.15, 0.2) is 0 Å². The van der Waals surface area contributed by atoms with E-state index in [1.165, 1.54) is 23.5 Å². The van der Waals surface area contributed by atoms with Crippen LogP contribution in [0.3, 0.4) is 0 Å². The van der Waals surface area contributed by atoms with Gasteiger partial charge in [0.25, 0.3) is 0 Å². The summed E-state index contributed by atoms with van der Waals surface area (Å²) in [6.07, 6.45) is -4.26. The number of rotatable bonds is 6. The van der Waals surface area contributed by atoms with Crippen molar-refractivity contribution < 1.29 is 22.7 Å². The predicted molar refractivity (Wildman–Crippen MR) is 101 cm³/mol. The highest BCUT2D eigenvalue weighted by molar-refractivity contribution is 7.13. The van der Waals surface area contributed by atoms with Crippen LogP contribution in [0.25, 0.3) is 10.6 Å².